The molecule has 13 aromatic carbocycles. The molecule has 0 unspecified atom stereocenters. The average Bonchev–Trinajstić information content (AvgIpc) is 0.756. The Labute approximate surface area is 559 Å². The maximum absolute atomic E-state index is 2.35. The van der Waals surface area contributed by atoms with Gasteiger partial charge in [-0.2, -0.15) is 0 Å². The molecule has 0 heteroatoms. The van der Waals surface area contributed by atoms with Gasteiger partial charge in [0.05, 0.1) is 0 Å². The fourth-order valence-electron chi connectivity index (χ4n) is 13.3. The van der Waals surface area contributed by atoms with Gasteiger partial charge in [0.2, 0.25) is 0 Å². The van der Waals surface area contributed by atoms with Gasteiger partial charge < -0.3 is 0 Å². The first-order valence-electron chi connectivity index (χ1n) is 33.5. The molecule has 0 aromatic heterocycles. The summed E-state index contributed by atoms with van der Waals surface area (Å²) >= 11 is 0. The number of fused-ring (bicyclic) bond motifs is 2. The molecule has 0 aliphatic carbocycles. The van der Waals surface area contributed by atoms with Crippen LogP contribution in [0.5, 0.6) is 0 Å². The van der Waals surface area contributed by atoms with Gasteiger partial charge in [0.1, 0.15) is 0 Å². The fraction of sp³-hybridized carbons (Fsp3) is 0.170. The van der Waals surface area contributed by atoms with E-state index < -0.39 is 0 Å². The monoisotopic (exact) mass is 1210 g/mol. The zero-order chi connectivity index (χ0) is 65.5. The molecule has 0 bridgehead atoms. The van der Waals surface area contributed by atoms with Crippen molar-refractivity contribution in [3.63, 3.8) is 0 Å². The summed E-state index contributed by atoms with van der Waals surface area (Å²) in [6, 6.07) is 109. The Hall–Kier alpha value is -10.1. The maximum atomic E-state index is 2.35. The minimum absolute atomic E-state index is 0.0982. The normalized spacial score (nSPS) is 12.6. The molecule has 0 spiro atoms. The Morgan fingerprint density at radius 3 is 0.553 bits per heavy atom. The van der Waals surface area contributed by atoms with Gasteiger partial charge in [-0.05, 0) is 189 Å². The van der Waals surface area contributed by atoms with Gasteiger partial charge in [-0.15, -0.1) is 0 Å². The number of hydrogen-bond acceptors (Lipinski definition) is 0. The van der Waals surface area contributed by atoms with Crippen LogP contribution in [0.3, 0.4) is 0 Å². The predicted molar refractivity (Wildman–Crippen MR) is 409 cm³/mol. The quantitative estimate of drug-likeness (QED) is 0.0845. The van der Waals surface area contributed by atoms with E-state index in [1.807, 2.05) is 0 Å². The van der Waals surface area contributed by atoms with Crippen molar-refractivity contribution < 1.29 is 0 Å². The molecule has 0 saturated carbocycles. The van der Waals surface area contributed by atoms with E-state index in [4.69, 9.17) is 0 Å². The van der Waals surface area contributed by atoms with Gasteiger partial charge in [-0.3, -0.25) is 0 Å². The molecule has 0 N–H and O–H groups in total. The molecule has 0 aliphatic rings. The van der Waals surface area contributed by atoms with Crippen molar-refractivity contribution in [3.8, 4) is 66.8 Å². The van der Waals surface area contributed by atoms with Crippen LogP contribution >= 0.6 is 0 Å². The highest BCUT2D eigenvalue weighted by Crippen LogP contribution is 2.45. The van der Waals surface area contributed by atoms with Crippen LogP contribution in [0.4, 0.5) is 0 Å². The van der Waals surface area contributed by atoms with E-state index in [0.717, 1.165) is 22.3 Å². The first kappa shape index (κ1) is 62.7. The van der Waals surface area contributed by atoms with Crippen molar-refractivity contribution in [1.29, 1.82) is 0 Å². The summed E-state index contributed by atoms with van der Waals surface area (Å²) in [5.41, 5.74) is 29.6. The molecule has 462 valence electrons. The molecular weight excluding hydrogens is 1130 g/mol. The van der Waals surface area contributed by atoms with Crippen molar-refractivity contribution >= 4 is 44.8 Å². The lowest BCUT2D eigenvalue weighted by molar-refractivity contribution is 0.590. The van der Waals surface area contributed by atoms with Crippen LogP contribution in [0.25, 0.3) is 112 Å². The van der Waals surface area contributed by atoms with Gasteiger partial charge in [-0.25, -0.2) is 0 Å². The molecule has 0 aliphatic heterocycles. The van der Waals surface area contributed by atoms with E-state index in [1.165, 1.54) is 133 Å². The fourth-order valence-corrected chi connectivity index (χ4v) is 13.3. The van der Waals surface area contributed by atoms with Crippen LogP contribution in [0.15, 0.2) is 291 Å². The molecular formula is C94H86. The van der Waals surface area contributed by atoms with Crippen LogP contribution in [0, 0.1) is 0 Å². The van der Waals surface area contributed by atoms with E-state index >= 15 is 0 Å². The second kappa shape index (κ2) is 25.4. The average molecular weight is 1220 g/mol. The summed E-state index contributed by atoms with van der Waals surface area (Å²) in [4.78, 5) is 0. The zero-order valence-electron chi connectivity index (χ0n) is 56.9. The SMILES string of the molecule is CC(C)(C)c1ccc(-c2ccc(/C=C(\c3ccc(-c4ccc(C(C)(C)C)cc4)cc3)c3ccc(-c4c5ccccc5c(-c5ccc(/C(=C/c6ccc(-c7ccc(C(C)(C)C)cc7)cc6)c6ccc(-c7ccc(C(C)(C)C)cc7)cc6)cc5)c5ccccc45)cc3)cc2)cc1. The zero-order valence-corrected chi connectivity index (χ0v) is 56.9. The molecule has 0 radical (unpaired) electrons. The minimum atomic E-state index is 0.0982. The van der Waals surface area contributed by atoms with E-state index in [2.05, 4.69) is 386 Å². The second-order valence-electron chi connectivity index (χ2n) is 29.8. The summed E-state index contributed by atoms with van der Waals surface area (Å²) in [6.07, 6.45) is 4.71. The molecule has 0 fully saturated rings. The minimum Gasteiger partial charge on any atom is -0.0616 e. The lowest BCUT2D eigenvalue weighted by atomic mass is 9.84. The number of benzene rings is 13. The van der Waals surface area contributed by atoms with E-state index in [-0.39, 0.29) is 21.7 Å². The highest BCUT2D eigenvalue weighted by molar-refractivity contribution is 6.21. The van der Waals surface area contributed by atoms with Crippen LogP contribution in [0.1, 0.15) is 139 Å². The van der Waals surface area contributed by atoms with E-state index in [9.17, 15) is 0 Å². The van der Waals surface area contributed by atoms with Gasteiger partial charge in [-0.1, -0.05) is 374 Å². The first-order chi connectivity index (χ1) is 45.1. The van der Waals surface area contributed by atoms with Crippen LogP contribution in [0.2, 0.25) is 0 Å². The van der Waals surface area contributed by atoms with Crippen molar-refractivity contribution in [1.82, 2.24) is 0 Å². The molecule has 0 atom stereocenters. The topological polar surface area (TPSA) is 0 Å². The predicted octanol–water partition coefficient (Wildman–Crippen LogP) is 26.4. The number of rotatable bonds is 12. The Kier molecular flexibility index (Phi) is 16.9. The standard InChI is InChI=1S/C94H86/c1-91(2,3)79-53-45-69(46-54-79)65-25-21-63(22-26-65)61-87(73-33-29-67(30-34-73)71-49-57-81(58-50-71)93(7,8)9)75-37-41-77(42-38-75)89-83-17-13-15-19-85(83)90(86-20-16-14-18-84(86)89)78-43-39-76(40-44-78)88(74-35-31-68(32-36-74)72-51-59-82(60-52-72)94(10,11)12)62-64-23-27-66(28-24-64)70-47-55-80(56-48-70)92(4,5)6/h13-62H,1-12H3/b87-61+,88-62+. The van der Waals surface area contributed by atoms with Crippen LogP contribution in [-0.4, -0.2) is 0 Å². The summed E-state index contributed by atoms with van der Waals surface area (Å²) in [5, 5.41) is 4.91. The third kappa shape index (κ3) is 13.4. The summed E-state index contributed by atoms with van der Waals surface area (Å²) in [6.45, 7) is 27.2. The summed E-state index contributed by atoms with van der Waals surface area (Å²) in [5.74, 6) is 0. The molecule has 0 saturated heterocycles. The largest absolute Gasteiger partial charge is 0.0616 e. The molecule has 0 heterocycles. The van der Waals surface area contributed by atoms with Gasteiger partial charge in [0.15, 0.2) is 0 Å². The lowest BCUT2D eigenvalue weighted by Crippen LogP contribution is -2.10. The molecule has 13 rings (SSSR count). The third-order valence-corrected chi connectivity index (χ3v) is 19.1. The molecule has 94 heavy (non-hydrogen) atoms. The van der Waals surface area contributed by atoms with Crippen molar-refractivity contribution in [3.05, 3.63) is 347 Å². The highest BCUT2D eigenvalue weighted by atomic mass is 14.2. The Morgan fingerprint density at radius 1 is 0.191 bits per heavy atom. The van der Waals surface area contributed by atoms with Crippen molar-refractivity contribution in [2.75, 3.05) is 0 Å². The van der Waals surface area contributed by atoms with Gasteiger partial charge >= 0.3 is 0 Å². The molecule has 13 aromatic rings. The Balaban J connectivity index is 0.853. The Bertz CT molecular complexity index is 4500. The van der Waals surface area contributed by atoms with Gasteiger partial charge in [0, 0.05) is 0 Å². The third-order valence-electron chi connectivity index (χ3n) is 19.1. The second-order valence-corrected chi connectivity index (χ2v) is 29.8. The van der Waals surface area contributed by atoms with E-state index in [1.54, 1.807) is 0 Å². The van der Waals surface area contributed by atoms with Crippen molar-refractivity contribution in [2.45, 2.75) is 105 Å². The summed E-state index contributed by atoms with van der Waals surface area (Å²) in [7, 11) is 0. The molecule has 0 nitrogen and oxygen atoms in total. The van der Waals surface area contributed by atoms with Crippen LogP contribution in [-0.2, 0) is 21.7 Å². The first-order valence-corrected chi connectivity index (χ1v) is 33.5. The van der Waals surface area contributed by atoms with Gasteiger partial charge in [0.25, 0.3) is 0 Å². The molecule has 0 amide bonds. The lowest BCUT2D eigenvalue weighted by Gasteiger charge is -2.19. The maximum Gasteiger partial charge on any atom is -0.00264 e. The Morgan fingerprint density at radius 2 is 0.362 bits per heavy atom. The van der Waals surface area contributed by atoms with Crippen LogP contribution < -0.4 is 0 Å². The van der Waals surface area contributed by atoms with Crippen molar-refractivity contribution in [2.24, 2.45) is 0 Å². The number of hydrogen-bond donors (Lipinski definition) is 0. The van der Waals surface area contributed by atoms with E-state index in [0.29, 0.717) is 0 Å². The smallest absolute Gasteiger partial charge is 0.00264 e. The summed E-state index contributed by atoms with van der Waals surface area (Å²) < 4.78 is 0. The highest BCUT2D eigenvalue weighted by Gasteiger charge is 2.21.